The van der Waals surface area contributed by atoms with Crippen LogP contribution < -0.4 is 9.47 Å². The second-order valence-electron chi connectivity index (χ2n) is 4.35. The van der Waals surface area contributed by atoms with Crippen LogP contribution in [0.5, 0.6) is 11.5 Å². The Morgan fingerprint density at radius 2 is 1.79 bits per heavy atom. The van der Waals surface area contributed by atoms with Gasteiger partial charge < -0.3 is 19.5 Å². The van der Waals surface area contributed by atoms with Crippen LogP contribution >= 0.6 is 0 Å². The van der Waals surface area contributed by atoms with E-state index in [0.29, 0.717) is 17.1 Å². The number of aliphatic hydroxyl groups excluding tert-OH is 1. The number of amides is 1. The summed E-state index contributed by atoms with van der Waals surface area (Å²) in [6.45, 7) is 3.99. The summed E-state index contributed by atoms with van der Waals surface area (Å²) in [6.07, 6.45) is 0. The lowest BCUT2D eigenvalue weighted by atomic mass is 10.1. The molecule has 0 saturated carbocycles. The van der Waals surface area contributed by atoms with Gasteiger partial charge in [0.25, 0.3) is 5.91 Å². The predicted octanol–water partition coefficient (Wildman–Crippen LogP) is 1.55. The Balaban J connectivity index is 3.22. The molecule has 5 nitrogen and oxygen atoms in total. The van der Waals surface area contributed by atoms with Crippen LogP contribution in [0.2, 0.25) is 0 Å². The molecule has 1 amide bonds. The van der Waals surface area contributed by atoms with Crippen LogP contribution in [0.4, 0.5) is 0 Å². The number of ether oxygens (including phenoxy) is 2. The van der Waals surface area contributed by atoms with Gasteiger partial charge in [0.1, 0.15) is 17.1 Å². The molecule has 0 radical (unpaired) electrons. The molecule has 19 heavy (non-hydrogen) atoms. The summed E-state index contributed by atoms with van der Waals surface area (Å²) in [4.78, 5) is 14.2. The van der Waals surface area contributed by atoms with Crippen LogP contribution in [0.15, 0.2) is 18.2 Å². The molecule has 1 N–H and O–H groups in total. The third-order valence-corrected chi connectivity index (χ3v) is 2.87. The minimum Gasteiger partial charge on any atom is -0.496 e. The van der Waals surface area contributed by atoms with E-state index in [1.54, 1.807) is 23.1 Å². The minimum atomic E-state index is -0.210. The second kappa shape index (κ2) is 6.99. The highest BCUT2D eigenvalue weighted by Gasteiger charge is 2.25. The van der Waals surface area contributed by atoms with Gasteiger partial charge >= 0.3 is 0 Å². The number of carbonyl (C=O) groups excluding carboxylic acids is 1. The predicted molar refractivity (Wildman–Crippen MR) is 72.8 cm³/mol. The van der Waals surface area contributed by atoms with Gasteiger partial charge in [0.15, 0.2) is 0 Å². The average Bonchev–Trinajstić information content (AvgIpc) is 2.42. The van der Waals surface area contributed by atoms with Crippen LogP contribution in [-0.2, 0) is 0 Å². The maximum Gasteiger partial charge on any atom is 0.261 e. The molecule has 0 aliphatic rings. The van der Waals surface area contributed by atoms with Crippen molar-refractivity contribution in [3.63, 3.8) is 0 Å². The monoisotopic (exact) mass is 267 g/mol. The molecule has 1 rings (SSSR count). The Morgan fingerprint density at radius 1 is 1.26 bits per heavy atom. The number of carbonyl (C=O) groups is 1. The summed E-state index contributed by atoms with van der Waals surface area (Å²) in [7, 11) is 3.02. The molecule has 0 saturated heterocycles. The number of rotatable bonds is 6. The number of methoxy groups -OCH3 is 2. The molecule has 0 spiro atoms. The molecule has 0 unspecified atom stereocenters. The second-order valence-corrected chi connectivity index (χ2v) is 4.35. The van der Waals surface area contributed by atoms with E-state index in [1.165, 1.54) is 14.2 Å². The van der Waals surface area contributed by atoms with E-state index in [9.17, 15) is 4.79 Å². The first kappa shape index (κ1) is 15.3. The summed E-state index contributed by atoms with van der Waals surface area (Å²) < 4.78 is 10.5. The Kier molecular flexibility index (Phi) is 5.63. The molecular formula is C14H21NO4. The molecular weight excluding hydrogens is 246 g/mol. The van der Waals surface area contributed by atoms with Gasteiger partial charge in [-0.05, 0) is 26.0 Å². The van der Waals surface area contributed by atoms with Gasteiger partial charge in [-0.1, -0.05) is 6.07 Å². The van der Waals surface area contributed by atoms with Crippen molar-refractivity contribution < 1.29 is 19.4 Å². The molecule has 1 aromatic carbocycles. The summed E-state index contributed by atoms with van der Waals surface area (Å²) in [5.41, 5.74) is 0.384. The van der Waals surface area contributed by atoms with Crippen LogP contribution in [0.3, 0.4) is 0 Å². The fourth-order valence-electron chi connectivity index (χ4n) is 1.91. The summed E-state index contributed by atoms with van der Waals surface area (Å²) >= 11 is 0. The standard InChI is InChI=1S/C14H21NO4/c1-10(2)15(8-9-16)14(17)13-11(18-3)6-5-7-12(13)19-4/h5-7,10,16H,8-9H2,1-4H3. The van der Waals surface area contributed by atoms with Crippen LogP contribution in [0.25, 0.3) is 0 Å². The number of hydrogen-bond acceptors (Lipinski definition) is 4. The van der Waals surface area contributed by atoms with Gasteiger partial charge in [-0.2, -0.15) is 0 Å². The van der Waals surface area contributed by atoms with Crippen molar-refractivity contribution >= 4 is 5.91 Å². The molecule has 0 fully saturated rings. The molecule has 106 valence electrons. The fraction of sp³-hybridized carbons (Fsp3) is 0.500. The molecule has 1 aromatic rings. The van der Waals surface area contributed by atoms with Crippen molar-refractivity contribution in [3.05, 3.63) is 23.8 Å². The van der Waals surface area contributed by atoms with Crippen molar-refractivity contribution in [2.75, 3.05) is 27.4 Å². The minimum absolute atomic E-state index is 0.0192. The van der Waals surface area contributed by atoms with Gasteiger partial charge in [0.2, 0.25) is 0 Å². The summed E-state index contributed by atoms with van der Waals surface area (Å²) in [6, 6.07) is 5.18. The van der Waals surface area contributed by atoms with Crippen molar-refractivity contribution in [2.45, 2.75) is 19.9 Å². The lowest BCUT2D eigenvalue weighted by molar-refractivity contribution is 0.0658. The largest absolute Gasteiger partial charge is 0.496 e. The van der Waals surface area contributed by atoms with E-state index < -0.39 is 0 Å². The molecule has 0 bridgehead atoms. The lowest BCUT2D eigenvalue weighted by Crippen LogP contribution is -2.39. The highest BCUT2D eigenvalue weighted by Crippen LogP contribution is 2.29. The Hall–Kier alpha value is -1.75. The SMILES string of the molecule is COc1cccc(OC)c1C(=O)N(CCO)C(C)C. The van der Waals surface area contributed by atoms with Crippen LogP contribution in [-0.4, -0.2) is 49.3 Å². The van der Waals surface area contributed by atoms with Gasteiger partial charge in [-0.25, -0.2) is 0 Å². The maximum atomic E-state index is 12.6. The van der Waals surface area contributed by atoms with E-state index in [1.807, 2.05) is 13.8 Å². The third-order valence-electron chi connectivity index (χ3n) is 2.87. The molecule has 0 aromatic heterocycles. The van der Waals surface area contributed by atoms with Gasteiger partial charge in [0, 0.05) is 12.6 Å². The highest BCUT2D eigenvalue weighted by molar-refractivity contribution is 5.99. The fourth-order valence-corrected chi connectivity index (χ4v) is 1.91. The summed E-state index contributed by atoms with van der Waals surface area (Å²) in [5.74, 6) is 0.722. The van der Waals surface area contributed by atoms with Gasteiger partial charge in [-0.15, -0.1) is 0 Å². The Bertz CT molecular complexity index is 409. The van der Waals surface area contributed by atoms with Crippen LogP contribution in [0.1, 0.15) is 24.2 Å². The van der Waals surface area contributed by atoms with Crippen molar-refractivity contribution in [1.29, 1.82) is 0 Å². The third kappa shape index (κ3) is 3.38. The maximum absolute atomic E-state index is 12.6. The zero-order valence-electron chi connectivity index (χ0n) is 11.8. The zero-order valence-corrected chi connectivity index (χ0v) is 11.8. The molecule has 5 heteroatoms. The van der Waals surface area contributed by atoms with Crippen LogP contribution in [0, 0.1) is 0 Å². The first-order valence-electron chi connectivity index (χ1n) is 6.19. The van der Waals surface area contributed by atoms with E-state index in [4.69, 9.17) is 14.6 Å². The number of aliphatic hydroxyl groups is 1. The van der Waals surface area contributed by atoms with Crippen molar-refractivity contribution in [2.24, 2.45) is 0 Å². The first-order valence-corrected chi connectivity index (χ1v) is 6.19. The Morgan fingerprint density at radius 3 is 2.16 bits per heavy atom. The number of nitrogens with zero attached hydrogens (tertiary/aromatic N) is 1. The zero-order chi connectivity index (χ0) is 14.4. The van der Waals surface area contributed by atoms with Crippen molar-refractivity contribution in [3.8, 4) is 11.5 Å². The topological polar surface area (TPSA) is 59.0 Å². The van der Waals surface area contributed by atoms with E-state index >= 15 is 0 Å². The van der Waals surface area contributed by atoms with E-state index in [2.05, 4.69) is 0 Å². The lowest BCUT2D eigenvalue weighted by Gasteiger charge is -2.27. The Labute approximate surface area is 113 Å². The average molecular weight is 267 g/mol. The quantitative estimate of drug-likeness (QED) is 0.849. The van der Waals surface area contributed by atoms with E-state index in [-0.39, 0.29) is 25.1 Å². The van der Waals surface area contributed by atoms with E-state index in [0.717, 1.165) is 0 Å². The summed E-state index contributed by atoms with van der Waals surface area (Å²) in [5, 5.41) is 9.08. The smallest absolute Gasteiger partial charge is 0.261 e. The first-order chi connectivity index (χ1) is 9.06. The molecule has 0 aliphatic carbocycles. The van der Waals surface area contributed by atoms with Gasteiger partial charge in [-0.3, -0.25) is 4.79 Å². The molecule has 0 atom stereocenters. The molecule has 0 heterocycles. The van der Waals surface area contributed by atoms with Gasteiger partial charge in [0.05, 0.1) is 20.8 Å². The van der Waals surface area contributed by atoms with Crippen molar-refractivity contribution in [1.82, 2.24) is 4.90 Å². The normalized spacial score (nSPS) is 10.4. The number of hydrogen-bond donors (Lipinski definition) is 1. The highest BCUT2D eigenvalue weighted by atomic mass is 16.5. The molecule has 0 aliphatic heterocycles. The number of benzene rings is 1.